The molecule has 3 aromatic rings. The standard InChI is InChI=1S/C30H44N6O4Si2/c1-28(2,3)41(7,8)38-18-30(17-31)22(40-42(9,10)29(4,5)6)16-23(39-30)36-20-34-24-25(32-19-33-26(24)36)35-27(37)21-14-12-11-13-15-21/h11-15,19-20,22-23H,16,18H2,1-10H3,(H,32,33,35,37)/t22-,23+,30+/m1/s1. The molecule has 10 nitrogen and oxygen atoms in total. The third kappa shape index (κ3) is 6.21. The topological polar surface area (TPSA) is 124 Å². The molecule has 1 N–H and O–H groups in total. The van der Waals surface area contributed by atoms with E-state index in [1.54, 1.807) is 35.2 Å². The molecule has 1 fully saturated rings. The summed E-state index contributed by atoms with van der Waals surface area (Å²) in [6.45, 7) is 21.9. The first-order valence-corrected chi connectivity index (χ1v) is 20.2. The Morgan fingerprint density at radius 1 is 1.07 bits per heavy atom. The van der Waals surface area contributed by atoms with Gasteiger partial charge >= 0.3 is 0 Å². The van der Waals surface area contributed by atoms with Gasteiger partial charge in [0.15, 0.2) is 33.6 Å². The number of nitriles is 1. The molecule has 1 aliphatic rings. The van der Waals surface area contributed by atoms with Crippen molar-refractivity contribution in [3.63, 3.8) is 0 Å². The van der Waals surface area contributed by atoms with Gasteiger partial charge in [0.1, 0.15) is 18.6 Å². The van der Waals surface area contributed by atoms with Crippen molar-refractivity contribution in [1.29, 1.82) is 5.26 Å². The fraction of sp³-hybridized carbons (Fsp3) is 0.567. The van der Waals surface area contributed by atoms with Gasteiger partial charge < -0.3 is 18.9 Å². The Balaban J connectivity index is 1.68. The zero-order valence-electron chi connectivity index (χ0n) is 26.5. The molecule has 1 aliphatic heterocycles. The maximum absolute atomic E-state index is 12.8. The van der Waals surface area contributed by atoms with Gasteiger partial charge in [0.25, 0.3) is 5.91 Å². The van der Waals surface area contributed by atoms with Gasteiger partial charge in [-0.05, 0) is 48.4 Å². The zero-order chi connectivity index (χ0) is 31.1. The Hall–Kier alpha value is -2.96. The molecule has 3 atom stereocenters. The van der Waals surface area contributed by atoms with E-state index in [9.17, 15) is 10.1 Å². The van der Waals surface area contributed by atoms with Crippen LogP contribution in [0, 0.1) is 11.3 Å². The molecule has 0 saturated carbocycles. The van der Waals surface area contributed by atoms with E-state index in [1.165, 1.54) is 6.33 Å². The molecule has 3 heterocycles. The number of amides is 1. The second kappa shape index (κ2) is 11.3. The van der Waals surface area contributed by atoms with Gasteiger partial charge in [0, 0.05) is 12.0 Å². The molecule has 0 spiro atoms. The van der Waals surface area contributed by atoms with Crippen LogP contribution in [0.3, 0.4) is 0 Å². The molecule has 226 valence electrons. The first kappa shape index (κ1) is 32.0. The minimum Gasteiger partial charge on any atom is -0.413 e. The third-order valence-corrected chi connectivity index (χ3v) is 18.1. The maximum atomic E-state index is 12.8. The normalized spacial score (nSPS) is 21.8. The van der Waals surface area contributed by atoms with Crippen LogP contribution in [0.15, 0.2) is 43.0 Å². The largest absolute Gasteiger partial charge is 0.413 e. The number of benzene rings is 1. The van der Waals surface area contributed by atoms with Gasteiger partial charge in [-0.3, -0.25) is 9.36 Å². The van der Waals surface area contributed by atoms with E-state index in [0.29, 0.717) is 29.0 Å². The summed E-state index contributed by atoms with van der Waals surface area (Å²) in [5, 5.41) is 13.4. The Morgan fingerprint density at radius 2 is 1.71 bits per heavy atom. The summed E-state index contributed by atoms with van der Waals surface area (Å²) in [7, 11) is -4.49. The van der Waals surface area contributed by atoms with E-state index >= 15 is 0 Å². The number of anilines is 1. The Kier molecular flexibility index (Phi) is 8.58. The Labute approximate surface area is 251 Å². The van der Waals surface area contributed by atoms with Crippen molar-refractivity contribution in [3.05, 3.63) is 48.5 Å². The number of hydrogen-bond acceptors (Lipinski definition) is 8. The van der Waals surface area contributed by atoms with E-state index in [-0.39, 0.29) is 22.6 Å². The van der Waals surface area contributed by atoms with Crippen molar-refractivity contribution in [2.24, 2.45) is 0 Å². The number of rotatable bonds is 8. The second-order valence-corrected chi connectivity index (χ2v) is 23.7. The second-order valence-electron chi connectivity index (χ2n) is 14.1. The number of fused-ring (bicyclic) bond motifs is 1. The van der Waals surface area contributed by atoms with E-state index in [4.69, 9.17) is 13.6 Å². The van der Waals surface area contributed by atoms with Crippen molar-refractivity contribution in [2.75, 3.05) is 11.9 Å². The van der Waals surface area contributed by atoms with E-state index in [0.717, 1.165) is 0 Å². The molecule has 1 amide bonds. The first-order valence-electron chi connectivity index (χ1n) is 14.4. The van der Waals surface area contributed by atoms with E-state index < -0.39 is 34.6 Å². The van der Waals surface area contributed by atoms with Gasteiger partial charge in [0.05, 0.1) is 19.0 Å². The number of aromatic nitrogens is 4. The fourth-order valence-electron chi connectivity index (χ4n) is 4.27. The van der Waals surface area contributed by atoms with Gasteiger partial charge in [-0.15, -0.1) is 0 Å². The van der Waals surface area contributed by atoms with Crippen molar-refractivity contribution in [3.8, 4) is 6.07 Å². The molecule has 0 aliphatic carbocycles. The summed E-state index contributed by atoms with van der Waals surface area (Å²) in [6.07, 6.45) is 2.32. The van der Waals surface area contributed by atoms with Crippen LogP contribution in [-0.4, -0.2) is 60.4 Å². The number of imidazole rings is 1. The lowest BCUT2D eigenvalue weighted by molar-refractivity contribution is -0.0851. The Morgan fingerprint density at radius 3 is 2.31 bits per heavy atom. The van der Waals surface area contributed by atoms with Gasteiger partial charge in [-0.2, -0.15) is 5.26 Å². The lowest BCUT2D eigenvalue weighted by atomic mass is 10.00. The monoisotopic (exact) mass is 608 g/mol. The number of nitrogens with one attached hydrogen (secondary N) is 1. The molecule has 42 heavy (non-hydrogen) atoms. The quantitative estimate of drug-likeness (QED) is 0.281. The highest BCUT2D eigenvalue weighted by Gasteiger charge is 2.55. The van der Waals surface area contributed by atoms with E-state index in [1.807, 2.05) is 6.07 Å². The summed E-state index contributed by atoms with van der Waals surface area (Å²) in [6, 6.07) is 11.4. The van der Waals surface area contributed by atoms with Crippen LogP contribution >= 0.6 is 0 Å². The SMILES string of the molecule is CC(C)(C)[Si](C)(C)OC[C@]1(C#N)O[C@H](n2cnc3c(NC(=O)c4ccccc4)ncnc32)C[C@H]1O[Si](C)(C)C(C)(C)C. The van der Waals surface area contributed by atoms with Crippen molar-refractivity contribution >= 4 is 39.5 Å². The van der Waals surface area contributed by atoms with E-state index in [2.05, 4.69) is 94.1 Å². The molecule has 0 unspecified atom stereocenters. The van der Waals surface area contributed by atoms with Crippen LogP contribution in [0.2, 0.25) is 36.3 Å². The molecular formula is C30H44N6O4Si2. The van der Waals surface area contributed by atoms with Crippen molar-refractivity contribution in [2.45, 2.75) is 102 Å². The molecule has 1 saturated heterocycles. The molecule has 1 aromatic carbocycles. The minimum atomic E-state index is -2.29. The van der Waals surface area contributed by atoms with Gasteiger partial charge in [0.2, 0.25) is 5.60 Å². The predicted octanol–water partition coefficient (Wildman–Crippen LogP) is 6.67. The third-order valence-electron chi connectivity index (χ3n) is 9.11. The number of carbonyl (C=O) groups excluding carboxylic acids is 1. The molecule has 2 aromatic heterocycles. The predicted molar refractivity (Wildman–Crippen MR) is 168 cm³/mol. The summed E-state index contributed by atoms with van der Waals surface area (Å²) in [5.41, 5.74) is 0.112. The molecule has 4 rings (SSSR count). The molecule has 0 bridgehead atoms. The Bertz CT molecular complexity index is 1470. The highest BCUT2D eigenvalue weighted by atomic mass is 28.4. The average molecular weight is 609 g/mol. The zero-order valence-corrected chi connectivity index (χ0v) is 28.5. The van der Waals surface area contributed by atoms with Crippen LogP contribution in [0.1, 0.15) is 64.5 Å². The first-order chi connectivity index (χ1) is 19.4. The maximum Gasteiger partial charge on any atom is 0.256 e. The van der Waals surface area contributed by atoms with Crippen LogP contribution in [0.5, 0.6) is 0 Å². The fourth-order valence-corrected chi connectivity index (χ4v) is 6.63. The highest BCUT2D eigenvalue weighted by molar-refractivity contribution is 6.74. The number of carbonyl (C=O) groups is 1. The van der Waals surface area contributed by atoms with Crippen LogP contribution in [0.25, 0.3) is 11.2 Å². The molecule has 12 heteroatoms. The molecule has 0 radical (unpaired) electrons. The summed E-state index contributed by atoms with van der Waals surface area (Å²) < 4.78 is 21.9. The van der Waals surface area contributed by atoms with Crippen molar-refractivity contribution < 1.29 is 18.4 Å². The summed E-state index contributed by atoms with van der Waals surface area (Å²) in [5.74, 6) is 0.00357. The van der Waals surface area contributed by atoms with Gasteiger partial charge in [-0.25, -0.2) is 15.0 Å². The highest BCUT2D eigenvalue weighted by Crippen LogP contribution is 2.46. The molecular weight excluding hydrogens is 565 g/mol. The van der Waals surface area contributed by atoms with Crippen LogP contribution in [0.4, 0.5) is 5.82 Å². The van der Waals surface area contributed by atoms with Crippen LogP contribution in [-0.2, 0) is 13.6 Å². The summed E-state index contributed by atoms with van der Waals surface area (Å²) >= 11 is 0. The lowest BCUT2D eigenvalue weighted by Gasteiger charge is -2.42. The lowest BCUT2D eigenvalue weighted by Crippen LogP contribution is -2.54. The van der Waals surface area contributed by atoms with Crippen molar-refractivity contribution in [1.82, 2.24) is 19.5 Å². The summed E-state index contributed by atoms with van der Waals surface area (Å²) in [4.78, 5) is 26.1. The number of nitrogens with zero attached hydrogens (tertiary/aromatic N) is 5. The number of ether oxygens (including phenoxy) is 1. The van der Waals surface area contributed by atoms with Crippen LogP contribution < -0.4 is 5.32 Å². The van der Waals surface area contributed by atoms with Gasteiger partial charge in [-0.1, -0.05) is 59.7 Å². The smallest absolute Gasteiger partial charge is 0.256 e. The average Bonchev–Trinajstić information content (AvgIpc) is 3.49. The minimum absolute atomic E-state index is 0.0323. The number of hydrogen-bond donors (Lipinski definition) is 1.